The molecule has 0 spiro atoms. The maximum atomic E-state index is 10.1. The highest BCUT2D eigenvalue weighted by Crippen LogP contribution is 2.18. The first kappa shape index (κ1) is 9.25. The molecule has 1 aromatic carbocycles. The normalized spacial score (nSPS) is 9.00. The minimum Gasteiger partial charge on any atom is -0.318 e. The van der Waals surface area contributed by atoms with Gasteiger partial charge in [-0.15, -0.1) is 0 Å². The van der Waals surface area contributed by atoms with Crippen LogP contribution in [-0.4, -0.2) is 12.8 Å². The molecule has 2 N–H and O–H groups in total. The SMILES string of the molecule is Cc1ccc(N[C]=O)cc1N[C]=O. The number of hydrogen-bond donors (Lipinski definition) is 2. The van der Waals surface area contributed by atoms with Crippen molar-refractivity contribution < 1.29 is 9.59 Å². The van der Waals surface area contributed by atoms with Crippen molar-refractivity contribution in [3.8, 4) is 0 Å². The van der Waals surface area contributed by atoms with Gasteiger partial charge in [0.15, 0.2) is 0 Å². The zero-order valence-electron chi connectivity index (χ0n) is 7.05. The van der Waals surface area contributed by atoms with Gasteiger partial charge in [0, 0.05) is 11.4 Å². The van der Waals surface area contributed by atoms with Crippen LogP contribution in [0.3, 0.4) is 0 Å². The van der Waals surface area contributed by atoms with Gasteiger partial charge in [-0.2, -0.15) is 0 Å². The minimum atomic E-state index is 0.582. The van der Waals surface area contributed by atoms with Gasteiger partial charge in [-0.05, 0) is 24.6 Å². The number of anilines is 2. The quantitative estimate of drug-likeness (QED) is 0.671. The van der Waals surface area contributed by atoms with E-state index < -0.39 is 0 Å². The first-order valence-electron chi connectivity index (χ1n) is 3.65. The fraction of sp³-hybridized carbons (Fsp3) is 0.111. The van der Waals surface area contributed by atoms with E-state index in [4.69, 9.17) is 0 Å². The summed E-state index contributed by atoms with van der Waals surface area (Å²) in [5.74, 6) is 0. The highest BCUT2D eigenvalue weighted by Gasteiger charge is 1.98. The fourth-order valence-electron chi connectivity index (χ4n) is 0.948. The maximum absolute atomic E-state index is 10.1. The van der Waals surface area contributed by atoms with Gasteiger partial charge in [0.2, 0.25) is 0 Å². The first-order valence-corrected chi connectivity index (χ1v) is 3.65. The molecule has 13 heavy (non-hydrogen) atoms. The minimum absolute atomic E-state index is 0.582. The zero-order chi connectivity index (χ0) is 9.68. The van der Waals surface area contributed by atoms with E-state index in [2.05, 4.69) is 10.6 Å². The Labute approximate surface area is 75.9 Å². The highest BCUT2D eigenvalue weighted by molar-refractivity contribution is 5.79. The largest absolute Gasteiger partial charge is 0.318 e. The number of aryl methyl sites for hydroxylation is 1. The second-order valence-electron chi connectivity index (χ2n) is 2.48. The van der Waals surface area contributed by atoms with E-state index in [9.17, 15) is 9.59 Å². The van der Waals surface area contributed by atoms with E-state index >= 15 is 0 Å². The molecule has 2 amide bonds. The Kier molecular flexibility index (Phi) is 3.03. The molecule has 1 rings (SSSR count). The summed E-state index contributed by atoms with van der Waals surface area (Å²) in [5.41, 5.74) is 2.10. The Bertz CT molecular complexity index is 323. The van der Waals surface area contributed by atoms with Crippen LogP contribution in [-0.2, 0) is 9.59 Å². The summed E-state index contributed by atoms with van der Waals surface area (Å²) < 4.78 is 0. The highest BCUT2D eigenvalue weighted by atomic mass is 16.1. The predicted molar refractivity (Wildman–Crippen MR) is 49.8 cm³/mol. The van der Waals surface area contributed by atoms with Gasteiger partial charge in [-0.25, -0.2) is 0 Å². The van der Waals surface area contributed by atoms with Crippen molar-refractivity contribution in [3.05, 3.63) is 23.8 Å². The van der Waals surface area contributed by atoms with Crippen LogP contribution in [0, 0.1) is 6.92 Å². The zero-order valence-corrected chi connectivity index (χ0v) is 7.05. The summed E-state index contributed by atoms with van der Waals surface area (Å²) in [5, 5.41) is 4.76. The van der Waals surface area contributed by atoms with Crippen molar-refractivity contribution in [3.63, 3.8) is 0 Å². The monoisotopic (exact) mass is 176 g/mol. The van der Waals surface area contributed by atoms with Crippen molar-refractivity contribution in [2.75, 3.05) is 10.6 Å². The molecule has 0 aliphatic heterocycles. The lowest BCUT2D eigenvalue weighted by molar-refractivity contribution is 0.560. The number of benzene rings is 1. The Morgan fingerprint density at radius 2 is 1.85 bits per heavy atom. The summed E-state index contributed by atoms with van der Waals surface area (Å²) in [7, 11) is 0. The van der Waals surface area contributed by atoms with Gasteiger partial charge in [-0.3, -0.25) is 9.59 Å². The standard InChI is InChI=1S/C9H8N2O2/c1-7-2-3-8(10-5-12)4-9(7)11-6-13/h2-4H,1H3,(H,10,12)(H,11,13). The second kappa shape index (κ2) is 4.25. The third-order valence-electron chi connectivity index (χ3n) is 1.62. The lowest BCUT2D eigenvalue weighted by atomic mass is 10.2. The van der Waals surface area contributed by atoms with Crippen LogP contribution in [0.1, 0.15) is 5.56 Å². The molecule has 0 unspecified atom stereocenters. The van der Waals surface area contributed by atoms with E-state index in [1.807, 2.05) is 6.92 Å². The summed E-state index contributed by atoms with van der Waals surface area (Å²) in [4.78, 5) is 20.1. The van der Waals surface area contributed by atoms with Crippen LogP contribution in [0.4, 0.5) is 11.4 Å². The van der Waals surface area contributed by atoms with Gasteiger partial charge in [0.25, 0.3) is 0 Å². The van der Waals surface area contributed by atoms with E-state index in [1.54, 1.807) is 31.0 Å². The predicted octanol–water partition coefficient (Wildman–Crippen LogP) is 0.953. The summed E-state index contributed by atoms with van der Waals surface area (Å²) in [6, 6.07) is 5.13. The van der Waals surface area contributed by atoms with Crippen LogP contribution in [0.25, 0.3) is 0 Å². The van der Waals surface area contributed by atoms with Gasteiger partial charge in [0.05, 0.1) is 0 Å². The number of carbonyl (C=O) groups excluding carboxylic acids is 2. The Morgan fingerprint density at radius 1 is 1.15 bits per heavy atom. The van der Waals surface area contributed by atoms with Crippen molar-refractivity contribution in [1.29, 1.82) is 0 Å². The van der Waals surface area contributed by atoms with Gasteiger partial charge in [0.1, 0.15) is 0 Å². The summed E-state index contributed by atoms with van der Waals surface area (Å²) in [6.45, 7) is 1.84. The van der Waals surface area contributed by atoms with Crippen LogP contribution in [0.5, 0.6) is 0 Å². The summed E-state index contributed by atoms with van der Waals surface area (Å²) >= 11 is 0. The molecule has 66 valence electrons. The third-order valence-corrected chi connectivity index (χ3v) is 1.62. The fourth-order valence-corrected chi connectivity index (χ4v) is 0.948. The van der Waals surface area contributed by atoms with Crippen molar-refractivity contribution >= 4 is 24.2 Å². The molecule has 1 aromatic rings. The number of nitrogens with one attached hydrogen (secondary N) is 2. The molecule has 4 heteroatoms. The van der Waals surface area contributed by atoms with E-state index in [1.165, 1.54) is 0 Å². The third kappa shape index (κ3) is 2.30. The summed E-state index contributed by atoms with van der Waals surface area (Å²) in [6.07, 6.45) is 3.11. The molecule has 0 saturated carbocycles. The van der Waals surface area contributed by atoms with Crippen molar-refractivity contribution in [2.45, 2.75) is 6.92 Å². The number of hydrogen-bond acceptors (Lipinski definition) is 2. The molecule has 0 fully saturated rings. The molecule has 0 atom stereocenters. The lowest BCUT2D eigenvalue weighted by Crippen LogP contribution is -1.99. The van der Waals surface area contributed by atoms with Crippen LogP contribution < -0.4 is 10.6 Å². The molecule has 0 heterocycles. The van der Waals surface area contributed by atoms with Gasteiger partial charge in [-0.1, -0.05) is 6.07 Å². The molecule has 0 bridgehead atoms. The van der Waals surface area contributed by atoms with Crippen molar-refractivity contribution in [1.82, 2.24) is 0 Å². The van der Waals surface area contributed by atoms with E-state index in [0.29, 0.717) is 11.4 Å². The topological polar surface area (TPSA) is 58.2 Å². The average Bonchev–Trinajstić information content (AvgIpc) is 2.12. The van der Waals surface area contributed by atoms with Gasteiger partial charge < -0.3 is 10.6 Å². The first-order chi connectivity index (χ1) is 6.27. The number of amides is 2. The van der Waals surface area contributed by atoms with Crippen LogP contribution in [0.15, 0.2) is 18.2 Å². The Morgan fingerprint density at radius 3 is 2.46 bits per heavy atom. The Balaban J connectivity index is 2.95. The average molecular weight is 176 g/mol. The molecule has 2 radical (unpaired) electrons. The number of rotatable bonds is 4. The van der Waals surface area contributed by atoms with Gasteiger partial charge >= 0.3 is 12.8 Å². The smallest absolute Gasteiger partial charge is 0.314 e. The van der Waals surface area contributed by atoms with E-state index in [0.717, 1.165) is 5.56 Å². The molecule has 0 aliphatic carbocycles. The lowest BCUT2D eigenvalue weighted by Gasteiger charge is -2.05. The van der Waals surface area contributed by atoms with E-state index in [-0.39, 0.29) is 0 Å². The molecule has 0 aromatic heterocycles. The van der Waals surface area contributed by atoms with Crippen LogP contribution >= 0.6 is 0 Å². The molecular formula is C9H8N2O2. The molecule has 0 saturated heterocycles. The molecule has 0 aliphatic rings. The molecule has 4 nitrogen and oxygen atoms in total. The second-order valence-corrected chi connectivity index (χ2v) is 2.48. The molecular weight excluding hydrogens is 168 g/mol. The van der Waals surface area contributed by atoms with Crippen LogP contribution in [0.2, 0.25) is 0 Å². The maximum Gasteiger partial charge on any atom is 0.314 e. The van der Waals surface area contributed by atoms with Crippen molar-refractivity contribution in [2.24, 2.45) is 0 Å². The Hall–Kier alpha value is -1.84.